The third-order valence-corrected chi connectivity index (χ3v) is 3.83. The van der Waals surface area contributed by atoms with Gasteiger partial charge in [0.1, 0.15) is 0 Å². The van der Waals surface area contributed by atoms with E-state index >= 15 is 0 Å². The molecule has 0 bridgehead atoms. The summed E-state index contributed by atoms with van der Waals surface area (Å²) in [6.45, 7) is 6.44. The second-order valence-electron chi connectivity index (χ2n) is 5.78. The highest BCUT2D eigenvalue weighted by Gasteiger charge is 2.32. The molecule has 0 atom stereocenters. The number of nitrogens with zero attached hydrogens (tertiary/aromatic N) is 1. The van der Waals surface area contributed by atoms with Crippen LogP contribution in [0.15, 0.2) is 22.7 Å². The summed E-state index contributed by atoms with van der Waals surface area (Å²) in [5, 5.41) is 3.40. The maximum Gasteiger partial charge on any atom is 0.416 e. The van der Waals surface area contributed by atoms with Crippen LogP contribution in [0.4, 0.5) is 18.9 Å². The van der Waals surface area contributed by atoms with Gasteiger partial charge in [-0.1, -0.05) is 15.9 Å². The normalized spacial score (nSPS) is 19.8. The molecule has 0 aliphatic carbocycles. The summed E-state index contributed by atoms with van der Waals surface area (Å²) < 4.78 is 39.1. The van der Waals surface area contributed by atoms with Gasteiger partial charge < -0.3 is 10.2 Å². The van der Waals surface area contributed by atoms with Gasteiger partial charge in [0, 0.05) is 28.8 Å². The van der Waals surface area contributed by atoms with Crippen molar-refractivity contribution in [3.8, 4) is 0 Å². The van der Waals surface area contributed by atoms with Crippen molar-refractivity contribution in [1.29, 1.82) is 0 Å². The average Bonchev–Trinajstić information content (AvgIpc) is 2.48. The molecule has 1 aromatic carbocycles. The third-order valence-electron chi connectivity index (χ3n) is 3.37. The Morgan fingerprint density at radius 2 is 1.95 bits per heavy atom. The largest absolute Gasteiger partial charge is 0.416 e. The van der Waals surface area contributed by atoms with E-state index in [9.17, 15) is 13.2 Å². The van der Waals surface area contributed by atoms with Crippen molar-refractivity contribution >= 4 is 21.6 Å². The van der Waals surface area contributed by atoms with E-state index in [1.807, 2.05) is 4.90 Å². The molecular weight excluding hydrogens is 333 g/mol. The van der Waals surface area contributed by atoms with E-state index < -0.39 is 11.7 Å². The predicted molar refractivity (Wildman–Crippen MR) is 78.1 cm³/mol. The second kappa shape index (κ2) is 5.56. The molecule has 2 rings (SSSR count). The van der Waals surface area contributed by atoms with Gasteiger partial charge >= 0.3 is 6.18 Å². The Balaban J connectivity index is 2.34. The summed E-state index contributed by atoms with van der Waals surface area (Å²) in [6.07, 6.45) is -3.41. The van der Waals surface area contributed by atoms with Crippen LogP contribution in [-0.4, -0.2) is 25.2 Å². The van der Waals surface area contributed by atoms with Crippen molar-refractivity contribution in [3.05, 3.63) is 28.2 Å². The van der Waals surface area contributed by atoms with Crippen molar-refractivity contribution in [2.45, 2.75) is 32.0 Å². The van der Waals surface area contributed by atoms with Crippen LogP contribution in [0.1, 0.15) is 25.8 Å². The van der Waals surface area contributed by atoms with Crippen LogP contribution >= 0.6 is 15.9 Å². The molecule has 1 heterocycles. The highest BCUT2D eigenvalue weighted by Crippen LogP contribution is 2.35. The summed E-state index contributed by atoms with van der Waals surface area (Å²) in [4.78, 5) is 2.01. The van der Waals surface area contributed by atoms with Gasteiger partial charge in [0.25, 0.3) is 0 Å². The molecule has 1 aromatic rings. The fourth-order valence-electron chi connectivity index (χ4n) is 2.45. The zero-order valence-corrected chi connectivity index (χ0v) is 13.1. The number of alkyl halides is 3. The minimum Gasteiger partial charge on any atom is -0.370 e. The van der Waals surface area contributed by atoms with Crippen LogP contribution in [0.2, 0.25) is 0 Å². The Morgan fingerprint density at radius 1 is 1.25 bits per heavy atom. The van der Waals surface area contributed by atoms with Crippen LogP contribution in [0, 0.1) is 0 Å². The lowest BCUT2D eigenvalue weighted by Gasteiger charge is -2.32. The standard InChI is InChI=1S/C14H18BrF3N2/c1-13(2)9-20(5-3-4-19-13)12-7-10(14(16,17)18)6-11(15)8-12/h6-8,19H,3-5,9H2,1-2H3. The van der Waals surface area contributed by atoms with Crippen molar-refractivity contribution in [2.24, 2.45) is 0 Å². The van der Waals surface area contributed by atoms with Gasteiger partial charge in [0.2, 0.25) is 0 Å². The van der Waals surface area contributed by atoms with Crippen LogP contribution in [0.5, 0.6) is 0 Å². The molecular formula is C14H18BrF3N2. The smallest absolute Gasteiger partial charge is 0.370 e. The molecule has 0 unspecified atom stereocenters. The third kappa shape index (κ3) is 3.88. The Morgan fingerprint density at radius 3 is 2.60 bits per heavy atom. The first-order chi connectivity index (χ1) is 9.17. The monoisotopic (exact) mass is 350 g/mol. The zero-order valence-electron chi connectivity index (χ0n) is 11.5. The van der Waals surface area contributed by atoms with E-state index in [1.165, 1.54) is 6.07 Å². The van der Waals surface area contributed by atoms with Gasteiger partial charge in [-0.2, -0.15) is 13.2 Å². The summed E-state index contributed by atoms with van der Waals surface area (Å²) in [7, 11) is 0. The molecule has 0 saturated carbocycles. The zero-order chi connectivity index (χ0) is 15.0. The van der Waals surface area contributed by atoms with Crippen LogP contribution in [0.3, 0.4) is 0 Å². The maximum atomic E-state index is 12.9. The van der Waals surface area contributed by atoms with E-state index in [0.717, 1.165) is 25.6 Å². The van der Waals surface area contributed by atoms with Gasteiger partial charge in [-0.3, -0.25) is 0 Å². The minimum absolute atomic E-state index is 0.114. The predicted octanol–water partition coefficient (Wildman–Crippen LogP) is 4.05. The molecule has 112 valence electrons. The lowest BCUT2D eigenvalue weighted by molar-refractivity contribution is -0.137. The molecule has 20 heavy (non-hydrogen) atoms. The summed E-state index contributed by atoms with van der Waals surface area (Å²) in [6, 6.07) is 4.09. The number of hydrogen-bond donors (Lipinski definition) is 1. The van der Waals surface area contributed by atoms with Gasteiger partial charge in [0.05, 0.1) is 5.56 Å². The van der Waals surface area contributed by atoms with E-state index in [-0.39, 0.29) is 5.54 Å². The summed E-state index contributed by atoms with van der Waals surface area (Å²) in [5.41, 5.74) is -0.114. The van der Waals surface area contributed by atoms with E-state index in [4.69, 9.17) is 0 Å². The highest BCUT2D eigenvalue weighted by atomic mass is 79.9. The Bertz CT molecular complexity index is 486. The van der Waals surface area contributed by atoms with Crippen LogP contribution < -0.4 is 10.2 Å². The van der Waals surface area contributed by atoms with Crippen molar-refractivity contribution in [2.75, 3.05) is 24.5 Å². The summed E-state index contributed by atoms with van der Waals surface area (Å²) in [5.74, 6) is 0. The van der Waals surface area contributed by atoms with Crippen molar-refractivity contribution in [1.82, 2.24) is 5.32 Å². The molecule has 1 saturated heterocycles. The molecule has 0 radical (unpaired) electrons. The topological polar surface area (TPSA) is 15.3 Å². The second-order valence-corrected chi connectivity index (χ2v) is 6.70. The van der Waals surface area contributed by atoms with Gasteiger partial charge in [-0.15, -0.1) is 0 Å². The molecule has 1 aliphatic rings. The number of anilines is 1. The number of nitrogens with one attached hydrogen (secondary N) is 1. The van der Waals surface area contributed by atoms with Crippen molar-refractivity contribution < 1.29 is 13.2 Å². The Labute approximate surface area is 125 Å². The van der Waals surface area contributed by atoms with E-state index in [1.54, 1.807) is 6.07 Å². The van der Waals surface area contributed by atoms with Gasteiger partial charge in [0.15, 0.2) is 0 Å². The maximum absolute atomic E-state index is 12.9. The van der Waals surface area contributed by atoms with Gasteiger partial charge in [-0.25, -0.2) is 0 Å². The minimum atomic E-state index is -4.32. The highest BCUT2D eigenvalue weighted by molar-refractivity contribution is 9.10. The number of halogens is 4. The molecule has 1 aliphatic heterocycles. The van der Waals surface area contributed by atoms with Crippen molar-refractivity contribution in [3.63, 3.8) is 0 Å². The molecule has 2 nitrogen and oxygen atoms in total. The average molecular weight is 351 g/mol. The Hall–Kier alpha value is -0.750. The van der Waals surface area contributed by atoms with E-state index in [2.05, 4.69) is 35.1 Å². The SMILES string of the molecule is CC1(C)CN(c2cc(Br)cc(C(F)(F)F)c2)CCCN1. The quantitative estimate of drug-likeness (QED) is 0.821. The van der Waals surface area contributed by atoms with Gasteiger partial charge in [-0.05, 0) is 45.0 Å². The summed E-state index contributed by atoms with van der Waals surface area (Å²) >= 11 is 3.18. The molecule has 1 N–H and O–H groups in total. The first-order valence-corrected chi connectivity index (χ1v) is 7.34. The first kappa shape index (κ1) is 15.6. The van der Waals surface area contributed by atoms with Crippen LogP contribution in [0.25, 0.3) is 0 Å². The lowest BCUT2D eigenvalue weighted by atomic mass is 10.0. The molecule has 6 heteroatoms. The molecule has 0 amide bonds. The fourth-order valence-corrected chi connectivity index (χ4v) is 2.93. The fraction of sp³-hybridized carbons (Fsp3) is 0.571. The number of hydrogen-bond acceptors (Lipinski definition) is 2. The molecule has 0 spiro atoms. The van der Waals surface area contributed by atoms with E-state index in [0.29, 0.717) is 16.7 Å². The first-order valence-electron chi connectivity index (χ1n) is 6.55. The lowest BCUT2D eigenvalue weighted by Crippen LogP contribution is -2.46. The number of benzene rings is 1. The Kier molecular flexibility index (Phi) is 4.35. The molecule has 0 aromatic heterocycles. The van der Waals surface area contributed by atoms with Crippen LogP contribution in [-0.2, 0) is 6.18 Å². The number of rotatable bonds is 1. The molecule has 1 fully saturated rings.